The molecule has 232 valence electrons. The van der Waals surface area contributed by atoms with Crippen molar-refractivity contribution in [3.8, 4) is 11.5 Å². The minimum atomic E-state index is -0.481. The molecule has 4 aromatic rings. The Kier molecular flexibility index (Phi) is 11.3. The highest BCUT2D eigenvalue weighted by molar-refractivity contribution is 6.01. The zero-order chi connectivity index (χ0) is 32.2. The fraction of sp³-hybridized carbons (Fsp3) is 0.194. The fourth-order valence-corrected chi connectivity index (χ4v) is 4.53. The van der Waals surface area contributed by atoms with Crippen LogP contribution in [-0.2, 0) is 33.9 Å². The van der Waals surface area contributed by atoms with Crippen LogP contribution in [0.1, 0.15) is 27.8 Å². The fourth-order valence-electron chi connectivity index (χ4n) is 4.53. The highest BCUT2D eigenvalue weighted by atomic mass is 16.5. The highest BCUT2D eigenvalue weighted by Gasteiger charge is 2.15. The second-order valence-electron chi connectivity index (χ2n) is 10.4. The second-order valence-corrected chi connectivity index (χ2v) is 10.4. The third kappa shape index (κ3) is 9.46. The first-order valence-electron chi connectivity index (χ1n) is 14.4. The molecule has 0 aliphatic rings. The van der Waals surface area contributed by atoms with E-state index in [1.807, 2.05) is 79.7 Å². The number of para-hydroxylation sites is 1. The molecule has 0 aliphatic carbocycles. The number of aryl methyl sites for hydroxylation is 1. The van der Waals surface area contributed by atoms with E-state index in [1.54, 1.807) is 36.2 Å². The first kappa shape index (κ1) is 32.3. The minimum absolute atomic E-state index is 0.105. The molecule has 4 aromatic carbocycles. The highest BCUT2D eigenvalue weighted by Crippen LogP contribution is 2.27. The number of benzene rings is 4. The summed E-state index contributed by atoms with van der Waals surface area (Å²) in [5.74, 6) is 0.456. The van der Waals surface area contributed by atoms with Crippen LogP contribution < -0.4 is 20.1 Å². The molecule has 0 saturated carbocycles. The van der Waals surface area contributed by atoms with Crippen LogP contribution in [0.25, 0.3) is 6.08 Å². The number of hydrogen-bond donors (Lipinski definition) is 2. The average molecular weight is 608 g/mol. The van der Waals surface area contributed by atoms with Crippen LogP contribution in [0.2, 0.25) is 0 Å². The number of esters is 1. The topological polar surface area (TPSA) is 106 Å². The molecule has 0 bridgehead atoms. The summed E-state index contributed by atoms with van der Waals surface area (Å²) < 4.78 is 16.3. The number of carbonyl (C=O) groups is 3. The van der Waals surface area contributed by atoms with Crippen LogP contribution in [0.4, 0.5) is 16.2 Å². The number of rotatable bonds is 12. The molecule has 4 rings (SSSR count). The Balaban J connectivity index is 1.41. The second kappa shape index (κ2) is 15.8. The van der Waals surface area contributed by atoms with E-state index in [1.165, 1.54) is 20.3 Å². The normalized spacial score (nSPS) is 10.7. The van der Waals surface area contributed by atoms with Gasteiger partial charge in [-0.3, -0.25) is 4.79 Å². The van der Waals surface area contributed by atoms with E-state index in [9.17, 15) is 14.4 Å². The van der Waals surface area contributed by atoms with E-state index < -0.39 is 12.0 Å². The lowest BCUT2D eigenvalue weighted by Crippen LogP contribution is -2.27. The maximum absolute atomic E-state index is 13.2. The first-order chi connectivity index (χ1) is 21.7. The molecule has 0 spiro atoms. The molecule has 3 amide bonds. The van der Waals surface area contributed by atoms with Crippen molar-refractivity contribution in [2.75, 3.05) is 31.9 Å². The Hall–Kier alpha value is -5.57. The van der Waals surface area contributed by atoms with Gasteiger partial charge in [-0.05, 0) is 65.6 Å². The van der Waals surface area contributed by atoms with Crippen LogP contribution in [0.3, 0.4) is 0 Å². The SMILES string of the molecule is COC(=O)/C=C/c1cc(CN(C)C(=O)Cc2ccc(NC(=O)Nc3ccccc3C)c(OC)c2)ccc1OCc1ccccc1. The molecule has 0 atom stereocenters. The van der Waals surface area contributed by atoms with Gasteiger partial charge in [0, 0.05) is 30.9 Å². The predicted octanol–water partition coefficient (Wildman–Crippen LogP) is 6.61. The van der Waals surface area contributed by atoms with Crippen molar-refractivity contribution in [1.82, 2.24) is 4.90 Å². The van der Waals surface area contributed by atoms with Gasteiger partial charge in [-0.2, -0.15) is 0 Å². The third-order valence-electron chi connectivity index (χ3n) is 7.02. The molecule has 0 aromatic heterocycles. The Morgan fingerprint density at radius 2 is 1.49 bits per heavy atom. The number of methoxy groups -OCH3 is 2. The summed E-state index contributed by atoms with van der Waals surface area (Å²) in [7, 11) is 4.56. The zero-order valence-corrected chi connectivity index (χ0v) is 25.8. The van der Waals surface area contributed by atoms with Crippen molar-refractivity contribution < 1.29 is 28.6 Å². The smallest absolute Gasteiger partial charge is 0.330 e. The summed E-state index contributed by atoms with van der Waals surface area (Å²) in [5.41, 5.74) is 5.43. The van der Waals surface area contributed by atoms with Crippen LogP contribution in [0.15, 0.2) is 97.1 Å². The van der Waals surface area contributed by atoms with Crippen molar-refractivity contribution >= 4 is 35.4 Å². The zero-order valence-electron chi connectivity index (χ0n) is 25.8. The van der Waals surface area contributed by atoms with Gasteiger partial charge in [0.1, 0.15) is 18.1 Å². The van der Waals surface area contributed by atoms with Gasteiger partial charge in [-0.25, -0.2) is 9.59 Å². The number of hydrogen-bond acceptors (Lipinski definition) is 6. The van der Waals surface area contributed by atoms with Gasteiger partial charge in [0.05, 0.1) is 26.3 Å². The Labute approximate surface area is 263 Å². The van der Waals surface area contributed by atoms with E-state index in [0.29, 0.717) is 41.6 Å². The van der Waals surface area contributed by atoms with Crippen LogP contribution >= 0.6 is 0 Å². The Morgan fingerprint density at radius 1 is 0.778 bits per heavy atom. The lowest BCUT2D eigenvalue weighted by atomic mass is 10.1. The van der Waals surface area contributed by atoms with Crippen LogP contribution in [0.5, 0.6) is 11.5 Å². The van der Waals surface area contributed by atoms with Gasteiger partial charge >= 0.3 is 12.0 Å². The quantitative estimate of drug-likeness (QED) is 0.139. The standard InChI is InChI=1S/C36H37N3O6/c1-25-10-8-9-13-30(25)37-36(42)38-31-17-14-27(21-33(31)43-3)22-34(40)39(2)23-28-15-18-32(29(20-28)16-19-35(41)44-4)45-24-26-11-6-5-7-12-26/h5-21H,22-24H2,1-4H3,(H2,37,38,42)/b19-16+. The molecule has 0 saturated heterocycles. The molecule has 0 unspecified atom stereocenters. The maximum Gasteiger partial charge on any atom is 0.330 e. The van der Waals surface area contributed by atoms with Crippen molar-refractivity contribution in [3.05, 3.63) is 125 Å². The largest absolute Gasteiger partial charge is 0.495 e. The van der Waals surface area contributed by atoms with Gasteiger partial charge in [0.15, 0.2) is 0 Å². The maximum atomic E-state index is 13.2. The third-order valence-corrected chi connectivity index (χ3v) is 7.02. The summed E-state index contributed by atoms with van der Waals surface area (Å²) in [6.45, 7) is 2.62. The van der Waals surface area contributed by atoms with E-state index in [0.717, 1.165) is 22.3 Å². The van der Waals surface area contributed by atoms with E-state index in [-0.39, 0.29) is 12.3 Å². The molecule has 0 fully saturated rings. The summed E-state index contributed by atoms with van der Waals surface area (Å²) in [6, 6.07) is 27.7. The number of nitrogens with zero attached hydrogens (tertiary/aromatic N) is 1. The lowest BCUT2D eigenvalue weighted by molar-refractivity contribution is -0.134. The van der Waals surface area contributed by atoms with Gasteiger partial charge in [0.2, 0.25) is 5.91 Å². The Morgan fingerprint density at radius 3 is 2.22 bits per heavy atom. The number of urea groups is 1. The molecular weight excluding hydrogens is 570 g/mol. The summed E-state index contributed by atoms with van der Waals surface area (Å²) in [5, 5.41) is 5.64. The predicted molar refractivity (Wildman–Crippen MR) is 175 cm³/mol. The summed E-state index contributed by atoms with van der Waals surface area (Å²) >= 11 is 0. The number of likely N-dealkylation sites (N-methyl/N-ethyl adjacent to an activating group) is 1. The first-order valence-corrected chi connectivity index (χ1v) is 14.4. The molecule has 0 radical (unpaired) electrons. The molecule has 0 aliphatic heterocycles. The lowest BCUT2D eigenvalue weighted by Gasteiger charge is -2.19. The molecule has 2 N–H and O–H groups in total. The van der Waals surface area contributed by atoms with Crippen molar-refractivity contribution in [2.45, 2.75) is 26.5 Å². The van der Waals surface area contributed by atoms with Crippen molar-refractivity contribution in [2.24, 2.45) is 0 Å². The van der Waals surface area contributed by atoms with Crippen LogP contribution in [0, 0.1) is 6.92 Å². The molecule has 9 heteroatoms. The van der Waals surface area contributed by atoms with Crippen molar-refractivity contribution in [3.63, 3.8) is 0 Å². The average Bonchev–Trinajstić information content (AvgIpc) is 3.05. The van der Waals surface area contributed by atoms with E-state index >= 15 is 0 Å². The number of carbonyl (C=O) groups excluding carboxylic acids is 3. The summed E-state index contributed by atoms with van der Waals surface area (Å²) in [6.07, 6.45) is 3.11. The summed E-state index contributed by atoms with van der Waals surface area (Å²) in [4.78, 5) is 39.2. The van der Waals surface area contributed by atoms with E-state index in [4.69, 9.17) is 14.2 Å². The Bertz CT molecular complexity index is 1670. The molecule has 9 nitrogen and oxygen atoms in total. The number of amides is 3. The monoisotopic (exact) mass is 607 g/mol. The molecule has 45 heavy (non-hydrogen) atoms. The molecule has 0 heterocycles. The van der Waals surface area contributed by atoms with Gasteiger partial charge in [-0.1, -0.05) is 60.7 Å². The minimum Gasteiger partial charge on any atom is -0.495 e. The number of ether oxygens (including phenoxy) is 3. The van der Waals surface area contributed by atoms with Gasteiger partial charge in [0.25, 0.3) is 0 Å². The number of nitrogens with one attached hydrogen (secondary N) is 2. The van der Waals surface area contributed by atoms with Gasteiger partial charge in [-0.15, -0.1) is 0 Å². The van der Waals surface area contributed by atoms with E-state index in [2.05, 4.69) is 10.6 Å². The number of anilines is 2. The van der Waals surface area contributed by atoms with Gasteiger partial charge < -0.3 is 29.7 Å². The van der Waals surface area contributed by atoms with Crippen LogP contribution in [-0.4, -0.2) is 44.1 Å². The van der Waals surface area contributed by atoms with Crippen molar-refractivity contribution in [1.29, 1.82) is 0 Å². The molecular formula is C36H37N3O6.